The number of thiol groups is 1. The summed E-state index contributed by atoms with van der Waals surface area (Å²) in [5.41, 5.74) is 5.55. The van der Waals surface area contributed by atoms with E-state index in [2.05, 4.69) is 12.6 Å². The van der Waals surface area contributed by atoms with Gasteiger partial charge in [-0.15, -0.1) is 0 Å². The highest BCUT2D eigenvalue weighted by Crippen LogP contribution is 2.20. The molecule has 52 valence electrons. The zero-order valence-electron chi connectivity index (χ0n) is 5.05. The van der Waals surface area contributed by atoms with Crippen LogP contribution < -0.4 is 5.73 Å². The molecular formula is C6H10FNS. The molecule has 0 saturated carbocycles. The average Bonchev–Trinajstić information content (AvgIpc) is 1.80. The van der Waals surface area contributed by atoms with Crippen LogP contribution in [0.25, 0.3) is 0 Å². The van der Waals surface area contributed by atoms with E-state index in [1.54, 1.807) is 0 Å². The molecule has 2 atom stereocenters. The summed E-state index contributed by atoms with van der Waals surface area (Å²) in [4.78, 5) is 0. The van der Waals surface area contributed by atoms with Crippen LogP contribution in [0.1, 0.15) is 12.8 Å². The number of hydrogen-bond acceptors (Lipinski definition) is 2. The SMILES string of the molecule is NC1CCC(F)=CC1S. The van der Waals surface area contributed by atoms with E-state index >= 15 is 0 Å². The molecule has 0 heterocycles. The van der Waals surface area contributed by atoms with Crippen LogP contribution in [0.15, 0.2) is 11.9 Å². The normalized spacial score (nSPS) is 36.1. The lowest BCUT2D eigenvalue weighted by molar-refractivity contribution is 0.501. The zero-order valence-corrected chi connectivity index (χ0v) is 5.94. The number of nitrogens with two attached hydrogens (primary N) is 1. The topological polar surface area (TPSA) is 26.0 Å². The molecular weight excluding hydrogens is 137 g/mol. The molecule has 0 aromatic carbocycles. The highest BCUT2D eigenvalue weighted by molar-refractivity contribution is 7.81. The Bertz CT molecular complexity index is 135. The Morgan fingerprint density at radius 2 is 2.44 bits per heavy atom. The van der Waals surface area contributed by atoms with Gasteiger partial charge in [-0.25, -0.2) is 4.39 Å². The second kappa shape index (κ2) is 2.71. The van der Waals surface area contributed by atoms with Crippen molar-refractivity contribution in [3.8, 4) is 0 Å². The molecule has 0 radical (unpaired) electrons. The van der Waals surface area contributed by atoms with E-state index in [-0.39, 0.29) is 17.1 Å². The number of allylic oxidation sites excluding steroid dienone is 1. The molecule has 0 saturated heterocycles. The third-order valence-corrected chi connectivity index (χ3v) is 2.04. The van der Waals surface area contributed by atoms with Crippen LogP contribution in [0, 0.1) is 0 Å². The molecule has 0 aromatic rings. The summed E-state index contributed by atoms with van der Waals surface area (Å²) in [6.45, 7) is 0. The second-order valence-electron chi connectivity index (χ2n) is 2.31. The van der Waals surface area contributed by atoms with E-state index in [0.717, 1.165) is 6.42 Å². The van der Waals surface area contributed by atoms with Gasteiger partial charge in [-0.3, -0.25) is 0 Å². The lowest BCUT2D eigenvalue weighted by Gasteiger charge is -2.19. The predicted octanol–water partition coefficient (Wildman–Crippen LogP) is 1.26. The van der Waals surface area contributed by atoms with Gasteiger partial charge in [0.15, 0.2) is 0 Å². The molecule has 2 unspecified atom stereocenters. The van der Waals surface area contributed by atoms with E-state index in [9.17, 15) is 4.39 Å². The van der Waals surface area contributed by atoms with Gasteiger partial charge in [0, 0.05) is 17.7 Å². The zero-order chi connectivity index (χ0) is 6.85. The van der Waals surface area contributed by atoms with Gasteiger partial charge in [-0.2, -0.15) is 12.6 Å². The maximum absolute atomic E-state index is 12.4. The summed E-state index contributed by atoms with van der Waals surface area (Å²) in [5, 5.41) is -0.0845. The van der Waals surface area contributed by atoms with E-state index in [4.69, 9.17) is 5.73 Å². The van der Waals surface area contributed by atoms with Gasteiger partial charge in [-0.1, -0.05) is 0 Å². The van der Waals surface area contributed by atoms with Crippen LogP contribution in [0.3, 0.4) is 0 Å². The summed E-state index contributed by atoms with van der Waals surface area (Å²) in [5.74, 6) is -0.0725. The van der Waals surface area contributed by atoms with Crippen molar-refractivity contribution in [1.29, 1.82) is 0 Å². The summed E-state index contributed by atoms with van der Waals surface area (Å²) in [7, 11) is 0. The van der Waals surface area contributed by atoms with E-state index in [1.807, 2.05) is 0 Å². The molecule has 0 aromatic heterocycles. The van der Waals surface area contributed by atoms with Gasteiger partial charge < -0.3 is 5.73 Å². The molecule has 2 N–H and O–H groups in total. The van der Waals surface area contributed by atoms with E-state index in [0.29, 0.717) is 6.42 Å². The molecule has 0 aliphatic heterocycles. The second-order valence-corrected chi connectivity index (χ2v) is 2.90. The Balaban J connectivity index is 2.58. The molecule has 1 nitrogen and oxygen atoms in total. The van der Waals surface area contributed by atoms with Crippen LogP contribution >= 0.6 is 12.6 Å². The largest absolute Gasteiger partial charge is 0.326 e. The summed E-state index contributed by atoms with van der Waals surface area (Å²) in [6.07, 6.45) is 2.69. The lowest BCUT2D eigenvalue weighted by Crippen LogP contribution is -2.31. The van der Waals surface area contributed by atoms with Crippen molar-refractivity contribution in [2.45, 2.75) is 24.1 Å². The Hall–Kier alpha value is -0.0200. The lowest BCUT2D eigenvalue weighted by atomic mass is 10.0. The maximum Gasteiger partial charge on any atom is 0.0972 e. The minimum absolute atomic E-state index is 0.0350. The van der Waals surface area contributed by atoms with Gasteiger partial charge in [-0.05, 0) is 12.5 Å². The van der Waals surface area contributed by atoms with Crippen molar-refractivity contribution in [3.63, 3.8) is 0 Å². The van der Waals surface area contributed by atoms with Crippen LogP contribution in [0.5, 0.6) is 0 Å². The van der Waals surface area contributed by atoms with Gasteiger partial charge in [0.25, 0.3) is 0 Å². The number of rotatable bonds is 0. The molecule has 1 rings (SSSR count). The first-order chi connectivity index (χ1) is 4.20. The Labute approximate surface area is 59.5 Å². The minimum atomic E-state index is -0.0845. The predicted molar refractivity (Wildman–Crippen MR) is 39.2 cm³/mol. The first kappa shape index (κ1) is 7.09. The Morgan fingerprint density at radius 3 is 2.89 bits per heavy atom. The van der Waals surface area contributed by atoms with E-state index < -0.39 is 0 Å². The first-order valence-electron chi connectivity index (χ1n) is 3.00. The molecule has 0 bridgehead atoms. The van der Waals surface area contributed by atoms with Crippen molar-refractivity contribution in [1.82, 2.24) is 0 Å². The molecule has 0 fully saturated rings. The van der Waals surface area contributed by atoms with Crippen LogP contribution in [0.4, 0.5) is 4.39 Å². The van der Waals surface area contributed by atoms with Crippen LogP contribution in [-0.4, -0.2) is 11.3 Å². The Morgan fingerprint density at radius 1 is 1.78 bits per heavy atom. The Kier molecular flexibility index (Phi) is 2.13. The first-order valence-corrected chi connectivity index (χ1v) is 3.51. The van der Waals surface area contributed by atoms with Crippen molar-refractivity contribution < 1.29 is 4.39 Å². The van der Waals surface area contributed by atoms with Crippen molar-refractivity contribution >= 4 is 12.6 Å². The standard InChI is InChI=1S/C6H10FNS/c7-4-1-2-5(8)6(9)3-4/h3,5-6,9H,1-2,8H2. The smallest absolute Gasteiger partial charge is 0.0972 e. The van der Waals surface area contributed by atoms with Gasteiger partial charge in [0.2, 0.25) is 0 Å². The highest BCUT2D eigenvalue weighted by atomic mass is 32.1. The third kappa shape index (κ3) is 1.69. The minimum Gasteiger partial charge on any atom is -0.326 e. The quantitative estimate of drug-likeness (QED) is 0.496. The van der Waals surface area contributed by atoms with Gasteiger partial charge in [0.1, 0.15) is 0 Å². The fourth-order valence-corrected chi connectivity index (χ4v) is 1.18. The van der Waals surface area contributed by atoms with Gasteiger partial charge in [0.05, 0.1) is 5.83 Å². The van der Waals surface area contributed by atoms with Crippen molar-refractivity contribution in [2.75, 3.05) is 0 Å². The fourth-order valence-electron chi connectivity index (χ4n) is 0.868. The maximum atomic E-state index is 12.4. The summed E-state index contributed by atoms with van der Waals surface area (Å²) >= 11 is 4.07. The molecule has 0 spiro atoms. The summed E-state index contributed by atoms with van der Waals surface area (Å²) < 4.78 is 12.4. The van der Waals surface area contributed by atoms with E-state index in [1.165, 1.54) is 6.08 Å². The number of hydrogen-bond donors (Lipinski definition) is 2. The number of halogens is 1. The van der Waals surface area contributed by atoms with Crippen LogP contribution in [0.2, 0.25) is 0 Å². The molecule has 9 heavy (non-hydrogen) atoms. The monoisotopic (exact) mass is 147 g/mol. The molecule has 0 amide bonds. The van der Waals surface area contributed by atoms with Gasteiger partial charge >= 0.3 is 0 Å². The highest BCUT2D eigenvalue weighted by Gasteiger charge is 2.17. The molecule has 1 aliphatic carbocycles. The average molecular weight is 147 g/mol. The van der Waals surface area contributed by atoms with Crippen molar-refractivity contribution in [3.05, 3.63) is 11.9 Å². The van der Waals surface area contributed by atoms with Crippen LogP contribution in [-0.2, 0) is 0 Å². The van der Waals surface area contributed by atoms with Crippen molar-refractivity contribution in [2.24, 2.45) is 5.73 Å². The molecule has 1 aliphatic rings. The third-order valence-electron chi connectivity index (χ3n) is 1.51. The summed E-state index contributed by atoms with van der Waals surface area (Å²) in [6, 6.07) is 0.0350. The molecule has 3 heteroatoms. The fraction of sp³-hybridized carbons (Fsp3) is 0.667.